The normalized spacial score (nSPS) is 11.4. The number of anilines is 1. The third-order valence-corrected chi connectivity index (χ3v) is 2.68. The van der Waals surface area contributed by atoms with Gasteiger partial charge >= 0.3 is 6.18 Å². The summed E-state index contributed by atoms with van der Waals surface area (Å²) in [6.07, 6.45) is -1.31. The van der Waals surface area contributed by atoms with Crippen molar-refractivity contribution in [2.45, 2.75) is 12.7 Å². The highest BCUT2D eigenvalue weighted by Crippen LogP contribution is 2.30. The summed E-state index contributed by atoms with van der Waals surface area (Å²) in [6.45, 7) is 0.360. The van der Waals surface area contributed by atoms with Crippen LogP contribution in [0.1, 0.15) is 11.3 Å². The summed E-state index contributed by atoms with van der Waals surface area (Å²) in [7, 11) is 1.62. The molecule has 0 aliphatic heterocycles. The van der Waals surface area contributed by atoms with Crippen LogP contribution in [-0.2, 0) is 12.7 Å². The van der Waals surface area contributed by atoms with Crippen molar-refractivity contribution in [1.29, 1.82) is 0 Å². The SMILES string of the molecule is CN(Cc1cccnc1)c1cc(C(F)(F)F)nc(Cl)n1. The van der Waals surface area contributed by atoms with Crippen LogP contribution < -0.4 is 4.90 Å². The third kappa shape index (κ3) is 3.57. The average Bonchev–Trinajstić information content (AvgIpc) is 2.38. The van der Waals surface area contributed by atoms with Crippen molar-refractivity contribution in [3.63, 3.8) is 0 Å². The van der Waals surface area contributed by atoms with Crippen molar-refractivity contribution < 1.29 is 13.2 Å². The van der Waals surface area contributed by atoms with E-state index in [1.54, 1.807) is 30.4 Å². The van der Waals surface area contributed by atoms with Crippen molar-refractivity contribution in [3.05, 3.63) is 47.1 Å². The van der Waals surface area contributed by atoms with Crippen molar-refractivity contribution in [2.24, 2.45) is 0 Å². The maximum atomic E-state index is 12.7. The minimum Gasteiger partial charge on any atom is -0.355 e. The fourth-order valence-electron chi connectivity index (χ4n) is 1.59. The van der Waals surface area contributed by atoms with Crippen LogP contribution in [0.3, 0.4) is 0 Å². The van der Waals surface area contributed by atoms with Crippen molar-refractivity contribution in [2.75, 3.05) is 11.9 Å². The Labute approximate surface area is 118 Å². The molecule has 0 aliphatic carbocycles. The Morgan fingerprint density at radius 2 is 2.05 bits per heavy atom. The monoisotopic (exact) mass is 302 g/mol. The number of aromatic nitrogens is 3. The first-order valence-electron chi connectivity index (χ1n) is 5.58. The molecule has 0 fully saturated rings. The highest BCUT2D eigenvalue weighted by Gasteiger charge is 2.33. The van der Waals surface area contributed by atoms with E-state index < -0.39 is 17.2 Å². The van der Waals surface area contributed by atoms with Crippen molar-refractivity contribution in [3.8, 4) is 0 Å². The summed E-state index contributed by atoms with van der Waals surface area (Å²) in [5, 5.41) is -0.437. The van der Waals surface area contributed by atoms with E-state index in [1.807, 2.05) is 6.07 Å². The summed E-state index contributed by atoms with van der Waals surface area (Å²) < 4.78 is 38.0. The van der Waals surface area contributed by atoms with Gasteiger partial charge in [0.2, 0.25) is 5.28 Å². The minimum atomic E-state index is -4.56. The maximum Gasteiger partial charge on any atom is 0.433 e. The molecule has 0 aromatic carbocycles. The molecule has 0 aliphatic rings. The van der Waals surface area contributed by atoms with Crippen LogP contribution in [0.5, 0.6) is 0 Å². The van der Waals surface area contributed by atoms with E-state index in [1.165, 1.54) is 0 Å². The summed E-state index contributed by atoms with van der Waals surface area (Å²) in [6, 6.07) is 4.43. The molecule has 0 N–H and O–H groups in total. The first-order chi connectivity index (χ1) is 9.36. The molecule has 0 bridgehead atoms. The number of halogens is 4. The van der Waals surface area contributed by atoms with E-state index in [4.69, 9.17) is 11.6 Å². The van der Waals surface area contributed by atoms with Crippen LogP contribution in [0.2, 0.25) is 5.28 Å². The topological polar surface area (TPSA) is 41.9 Å². The molecule has 20 heavy (non-hydrogen) atoms. The van der Waals surface area contributed by atoms with E-state index in [0.29, 0.717) is 6.54 Å². The number of nitrogens with zero attached hydrogens (tertiary/aromatic N) is 4. The van der Waals surface area contributed by atoms with Gasteiger partial charge in [-0.25, -0.2) is 9.97 Å². The van der Waals surface area contributed by atoms with Crippen LogP contribution in [0.4, 0.5) is 19.0 Å². The van der Waals surface area contributed by atoms with Crippen LogP contribution in [0.15, 0.2) is 30.6 Å². The Morgan fingerprint density at radius 1 is 1.30 bits per heavy atom. The van der Waals surface area contributed by atoms with Gasteiger partial charge in [-0.1, -0.05) is 6.07 Å². The number of pyridine rings is 1. The third-order valence-electron chi connectivity index (χ3n) is 2.51. The summed E-state index contributed by atoms with van der Waals surface area (Å²) in [5.41, 5.74) is -0.219. The number of alkyl halides is 3. The van der Waals surface area contributed by atoms with E-state index in [0.717, 1.165) is 11.6 Å². The Bertz CT molecular complexity index is 589. The first kappa shape index (κ1) is 14.5. The van der Waals surface area contributed by atoms with Gasteiger partial charge in [0.05, 0.1) is 0 Å². The molecule has 0 amide bonds. The fourth-order valence-corrected chi connectivity index (χ4v) is 1.77. The summed E-state index contributed by atoms with van der Waals surface area (Å²) >= 11 is 5.54. The zero-order chi connectivity index (χ0) is 14.8. The zero-order valence-corrected chi connectivity index (χ0v) is 11.2. The van der Waals surface area contributed by atoms with Gasteiger partial charge in [0.25, 0.3) is 0 Å². The van der Waals surface area contributed by atoms with Crippen LogP contribution in [0.25, 0.3) is 0 Å². The second-order valence-corrected chi connectivity index (χ2v) is 4.43. The average molecular weight is 303 g/mol. The number of rotatable bonds is 3. The predicted octanol–water partition coefficient (Wildman–Crippen LogP) is 3.18. The molecule has 0 spiro atoms. The second kappa shape index (κ2) is 5.62. The van der Waals surface area contributed by atoms with Crippen LogP contribution in [0, 0.1) is 0 Å². The van der Waals surface area contributed by atoms with Gasteiger partial charge < -0.3 is 4.90 Å². The van der Waals surface area contributed by atoms with E-state index in [2.05, 4.69) is 15.0 Å². The molecule has 8 heteroatoms. The Kier molecular flexibility index (Phi) is 4.08. The lowest BCUT2D eigenvalue weighted by Gasteiger charge is -2.19. The van der Waals surface area contributed by atoms with Gasteiger partial charge in [-0.05, 0) is 23.2 Å². The molecule has 4 nitrogen and oxygen atoms in total. The van der Waals surface area contributed by atoms with Gasteiger partial charge in [0.1, 0.15) is 5.82 Å². The molecule has 0 saturated carbocycles. The van der Waals surface area contributed by atoms with Crippen molar-refractivity contribution in [1.82, 2.24) is 15.0 Å². The lowest BCUT2D eigenvalue weighted by Crippen LogP contribution is -2.20. The van der Waals surface area contributed by atoms with Gasteiger partial charge in [-0.3, -0.25) is 4.98 Å². The van der Waals surface area contributed by atoms with Crippen molar-refractivity contribution >= 4 is 17.4 Å². The lowest BCUT2D eigenvalue weighted by molar-refractivity contribution is -0.141. The molecule has 0 saturated heterocycles. The molecule has 0 atom stereocenters. The molecular formula is C12H10ClF3N4. The van der Waals surface area contributed by atoms with E-state index in [9.17, 15) is 13.2 Å². The Balaban J connectivity index is 2.26. The summed E-state index contributed by atoms with van der Waals surface area (Å²) in [5.74, 6) is 0.0983. The van der Waals surface area contributed by atoms with Crippen LogP contribution >= 0.6 is 11.6 Å². The van der Waals surface area contributed by atoms with E-state index >= 15 is 0 Å². The minimum absolute atomic E-state index is 0.0983. The standard InChI is InChI=1S/C12H10ClF3N4/c1-20(7-8-3-2-4-17-6-8)10-5-9(12(14,15)16)18-11(13)19-10/h2-6H,7H2,1H3. The molecule has 2 aromatic rings. The van der Waals surface area contributed by atoms with Gasteiger partial charge in [-0.15, -0.1) is 0 Å². The fraction of sp³-hybridized carbons (Fsp3) is 0.250. The molecule has 2 heterocycles. The smallest absolute Gasteiger partial charge is 0.355 e. The number of hydrogen-bond donors (Lipinski definition) is 0. The zero-order valence-electron chi connectivity index (χ0n) is 10.4. The molecule has 2 rings (SSSR count). The largest absolute Gasteiger partial charge is 0.433 e. The van der Waals surface area contributed by atoms with Gasteiger partial charge in [0.15, 0.2) is 5.69 Å². The highest BCUT2D eigenvalue weighted by atomic mass is 35.5. The highest BCUT2D eigenvalue weighted by molar-refractivity contribution is 6.28. The predicted molar refractivity (Wildman–Crippen MR) is 68.4 cm³/mol. The Hall–Kier alpha value is -1.89. The summed E-state index contributed by atoms with van der Waals surface area (Å²) in [4.78, 5) is 12.5. The van der Waals surface area contributed by atoms with Gasteiger partial charge in [-0.2, -0.15) is 13.2 Å². The molecule has 0 unspecified atom stereocenters. The lowest BCUT2D eigenvalue weighted by atomic mass is 10.2. The molecule has 2 aromatic heterocycles. The molecular weight excluding hydrogens is 293 g/mol. The quantitative estimate of drug-likeness (QED) is 0.817. The second-order valence-electron chi connectivity index (χ2n) is 4.10. The maximum absolute atomic E-state index is 12.7. The van der Waals surface area contributed by atoms with E-state index in [-0.39, 0.29) is 5.82 Å². The Morgan fingerprint density at radius 3 is 2.65 bits per heavy atom. The number of hydrogen-bond acceptors (Lipinski definition) is 4. The van der Waals surface area contributed by atoms with Crippen LogP contribution in [-0.4, -0.2) is 22.0 Å². The molecule has 0 radical (unpaired) electrons. The first-order valence-corrected chi connectivity index (χ1v) is 5.96. The van der Waals surface area contributed by atoms with Gasteiger partial charge in [0, 0.05) is 32.1 Å². The molecule has 106 valence electrons.